The molecule has 9 nitrogen and oxygen atoms in total. The van der Waals surface area contributed by atoms with Gasteiger partial charge in [0.15, 0.2) is 0 Å². The topological polar surface area (TPSA) is 128 Å². The fraction of sp³-hybridized carbons (Fsp3) is 0.136. The third-order valence-corrected chi connectivity index (χ3v) is 6.22. The average molecular weight is 486 g/mol. The Morgan fingerprint density at radius 1 is 1.33 bits per heavy atom. The van der Waals surface area contributed by atoms with E-state index in [-0.39, 0.29) is 28.7 Å². The molecular weight excluding hydrogens is 470 g/mol. The molecule has 0 atom stereocenters. The lowest BCUT2D eigenvalue weighted by Gasteiger charge is -2.00. The molecule has 0 aliphatic heterocycles. The van der Waals surface area contributed by atoms with Crippen LogP contribution < -0.4 is 5.56 Å². The number of nitrogens with zero attached hydrogens (tertiary/aromatic N) is 2. The normalized spacial score (nSPS) is 11.4. The first-order chi connectivity index (χ1) is 15.8. The predicted molar refractivity (Wildman–Crippen MR) is 126 cm³/mol. The van der Waals surface area contributed by atoms with Gasteiger partial charge in [-0.2, -0.15) is 0 Å². The first-order valence-corrected chi connectivity index (χ1v) is 10.9. The molecule has 0 aliphatic rings. The number of nitro benzene ring substituents is 1. The van der Waals surface area contributed by atoms with Crippen LogP contribution in [0.3, 0.4) is 0 Å². The lowest BCUT2D eigenvalue weighted by molar-refractivity contribution is -0.384. The smallest absolute Gasteiger partial charge is 0.348 e. The molecule has 0 saturated heterocycles. The van der Waals surface area contributed by atoms with Crippen molar-refractivity contribution in [1.29, 1.82) is 0 Å². The number of esters is 1. The standard InChI is InChI=1S/C22H16ClN3O6S/c1-3-31-22(28)19-11(2)18-20(27)24-17(25-21(18)33-19)9-6-13-5-8-16(32-13)14-7-4-12(26(29)30)10-15(14)23/h4-10H,3H2,1-2H3,(H,24,25,27)/b9-6+. The van der Waals surface area contributed by atoms with Crippen molar-refractivity contribution in [2.75, 3.05) is 6.61 Å². The van der Waals surface area contributed by atoms with Crippen molar-refractivity contribution in [2.45, 2.75) is 13.8 Å². The average Bonchev–Trinajstić information content (AvgIpc) is 3.37. The van der Waals surface area contributed by atoms with Gasteiger partial charge in [0.05, 0.1) is 21.9 Å². The van der Waals surface area contributed by atoms with E-state index in [9.17, 15) is 19.7 Å². The molecular formula is C22H16ClN3O6S. The van der Waals surface area contributed by atoms with Gasteiger partial charge in [-0.3, -0.25) is 14.9 Å². The maximum Gasteiger partial charge on any atom is 0.348 e. The van der Waals surface area contributed by atoms with Gasteiger partial charge in [0.2, 0.25) is 0 Å². The fourth-order valence-electron chi connectivity index (χ4n) is 3.20. The third-order valence-electron chi connectivity index (χ3n) is 4.74. The van der Waals surface area contributed by atoms with Crippen molar-refractivity contribution in [2.24, 2.45) is 0 Å². The van der Waals surface area contributed by atoms with Gasteiger partial charge in [-0.1, -0.05) is 11.6 Å². The molecule has 4 rings (SSSR count). The Morgan fingerprint density at radius 2 is 2.12 bits per heavy atom. The van der Waals surface area contributed by atoms with Crippen molar-refractivity contribution in [3.63, 3.8) is 0 Å². The van der Waals surface area contributed by atoms with Gasteiger partial charge in [-0.15, -0.1) is 11.3 Å². The number of hydrogen-bond donors (Lipinski definition) is 1. The maximum absolute atomic E-state index is 12.6. The lowest BCUT2D eigenvalue weighted by Crippen LogP contribution is -2.10. The molecule has 33 heavy (non-hydrogen) atoms. The zero-order chi connectivity index (χ0) is 23.7. The highest BCUT2D eigenvalue weighted by molar-refractivity contribution is 7.20. The van der Waals surface area contributed by atoms with Crippen molar-refractivity contribution < 1.29 is 18.9 Å². The molecule has 0 saturated carbocycles. The number of non-ortho nitro benzene ring substituents is 1. The zero-order valence-corrected chi connectivity index (χ0v) is 19.0. The number of rotatable bonds is 6. The number of H-pyrrole nitrogens is 1. The molecule has 11 heteroatoms. The van der Waals surface area contributed by atoms with Gasteiger partial charge in [-0.05, 0) is 49.8 Å². The van der Waals surface area contributed by atoms with Crippen molar-refractivity contribution in [3.8, 4) is 11.3 Å². The number of carbonyl (C=O) groups is 1. The number of aromatic amines is 1. The molecule has 4 aromatic rings. The molecule has 3 heterocycles. The van der Waals surface area contributed by atoms with Gasteiger partial charge in [-0.25, -0.2) is 9.78 Å². The van der Waals surface area contributed by atoms with Gasteiger partial charge in [0.1, 0.15) is 27.1 Å². The van der Waals surface area contributed by atoms with Crippen LogP contribution in [-0.2, 0) is 4.74 Å². The number of thiophene rings is 1. The summed E-state index contributed by atoms with van der Waals surface area (Å²) in [5, 5.41) is 11.4. The van der Waals surface area contributed by atoms with Crippen LogP contribution in [0.4, 0.5) is 5.69 Å². The summed E-state index contributed by atoms with van der Waals surface area (Å²) in [5.41, 5.74) is 0.571. The van der Waals surface area contributed by atoms with Crippen molar-refractivity contribution in [1.82, 2.24) is 9.97 Å². The number of nitrogens with one attached hydrogen (secondary N) is 1. The predicted octanol–water partition coefficient (Wildman–Crippen LogP) is 5.46. The quantitative estimate of drug-likeness (QED) is 0.218. The van der Waals surface area contributed by atoms with Crippen LogP contribution >= 0.6 is 22.9 Å². The summed E-state index contributed by atoms with van der Waals surface area (Å²) in [5.74, 6) is 0.689. The number of ether oxygens (including phenoxy) is 1. The minimum absolute atomic E-state index is 0.115. The molecule has 0 unspecified atom stereocenters. The summed E-state index contributed by atoms with van der Waals surface area (Å²) in [7, 11) is 0. The van der Waals surface area contributed by atoms with E-state index in [1.807, 2.05) is 0 Å². The second kappa shape index (κ2) is 9.00. The summed E-state index contributed by atoms with van der Waals surface area (Å²) in [4.78, 5) is 42.9. The first-order valence-electron chi connectivity index (χ1n) is 9.71. The van der Waals surface area contributed by atoms with Gasteiger partial charge in [0.25, 0.3) is 11.2 Å². The summed E-state index contributed by atoms with van der Waals surface area (Å²) in [6.07, 6.45) is 3.18. The molecule has 3 aromatic heterocycles. The highest BCUT2D eigenvalue weighted by atomic mass is 35.5. The number of benzene rings is 1. The molecule has 168 valence electrons. The van der Waals surface area contributed by atoms with E-state index in [1.54, 1.807) is 38.1 Å². The van der Waals surface area contributed by atoms with Gasteiger partial charge in [0, 0.05) is 17.7 Å². The zero-order valence-electron chi connectivity index (χ0n) is 17.4. The summed E-state index contributed by atoms with van der Waals surface area (Å²) >= 11 is 7.26. The van der Waals surface area contributed by atoms with Gasteiger partial charge < -0.3 is 14.1 Å². The molecule has 1 aromatic carbocycles. The van der Waals surface area contributed by atoms with E-state index < -0.39 is 10.9 Å². The Labute approximate surface area is 195 Å². The summed E-state index contributed by atoms with van der Waals surface area (Å²) in [6.45, 7) is 3.63. The molecule has 1 N–H and O–H groups in total. The Bertz CT molecular complexity index is 1480. The highest BCUT2D eigenvalue weighted by Gasteiger charge is 2.20. The van der Waals surface area contributed by atoms with Crippen molar-refractivity contribution in [3.05, 3.63) is 77.8 Å². The van der Waals surface area contributed by atoms with Crippen LogP contribution in [0, 0.1) is 17.0 Å². The first kappa shape index (κ1) is 22.4. The van der Waals surface area contributed by atoms with Crippen LogP contribution in [-0.4, -0.2) is 27.5 Å². The number of hydrogen-bond acceptors (Lipinski definition) is 8. The van der Waals surface area contributed by atoms with E-state index in [0.717, 1.165) is 11.3 Å². The van der Waals surface area contributed by atoms with Gasteiger partial charge >= 0.3 is 5.97 Å². The number of fused-ring (bicyclic) bond motifs is 1. The second-order valence-corrected chi connectivity index (χ2v) is 8.27. The fourth-order valence-corrected chi connectivity index (χ4v) is 4.55. The Morgan fingerprint density at radius 3 is 2.82 bits per heavy atom. The lowest BCUT2D eigenvalue weighted by atomic mass is 10.1. The van der Waals surface area contributed by atoms with E-state index >= 15 is 0 Å². The molecule has 0 fully saturated rings. The van der Waals surface area contributed by atoms with E-state index in [1.165, 1.54) is 18.2 Å². The molecule has 0 radical (unpaired) electrons. The Balaban J connectivity index is 1.62. The van der Waals surface area contributed by atoms with Crippen LogP contribution in [0.15, 0.2) is 39.5 Å². The number of carbonyl (C=O) groups excluding carboxylic acids is 1. The number of halogens is 1. The van der Waals surface area contributed by atoms with E-state index in [4.69, 9.17) is 20.8 Å². The number of nitro groups is 1. The summed E-state index contributed by atoms with van der Waals surface area (Å²) < 4.78 is 10.8. The van der Waals surface area contributed by atoms with Crippen LogP contribution in [0.1, 0.15) is 33.7 Å². The van der Waals surface area contributed by atoms with E-state index in [0.29, 0.717) is 37.7 Å². The number of aryl methyl sites for hydroxylation is 1. The largest absolute Gasteiger partial charge is 0.462 e. The Kier molecular flexibility index (Phi) is 6.12. The number of furan rings is 1. The maximum atomic E-state index is 12.6. The van der Waals surface area contributed by atoms with Crippen LogP contribution in [0.25, 0.3) is 33.7 Å². The Hall–Kier alpha value is -3.76. The minimum Gasteiger partial charge on any atom is -0.462 e. The summed E-state index contributed by atoms with van der Waals surface area (Å²) in [6, 6.07) is 7.48. The molecule has 0 amide bonds. The van der Waals surface area contributed by atoms with E-state index in [2.05, 4.69) is 9.97 Å². The molecule has 0 aliphatic carbocycles. The third kappa shape index (κ3) is 4.43. The van der Waals surface area contributed by atoms with Crippen LogP contribution in [0.5, 0.6) is 0 Å². The highest BCUT2D eigenvalue weighted by Crippen LogP contribution is 2.33. The molecule has 0 spiro atoms. The molecule has 0 bridgehead atoms. The minimum atomic E-state index is -0.526. The second-order valence-electron chi connectivity index (χ2n) is 6.86. The monoisotopic (exact) mass is 485 g/mol. The SMILES string of the molecule is CCOC(=O)c1sc2nc(/C=C/c3ccc(-c4ccc([N+](=O)[O-])cc4Cl)o3)[nH]c(=O)c2c1C. The van der Waals surface area contributed by atoms with Crippen LogP contribution in [0.2, 0.25) is 5.02 Å². The number of aromatic nitrogens is 2. The van der Waals surface area contributed by atoms with Crippen molar-refractivity contribution >= 4 is 57.0 Å².